The number of methoxy groups -OCH3 is 1. The summed E-state index contributed by atoms with van der Waals surface area (Å²) in [5.74, 6) is 2.57. The largest absolute Gasteiger partial charge is 0.497 e. The summed E-state index contributed by atoms with van der Waals surface area (Å²) in [4.78, 5) is 16.3. The smallest absolute Gasteiger partial charge is 0.243 e. The second-order valence-corrected chi connectivity index (χ2v) is 13.0. The predicted octanol–water partition coefficient (Wildman–Crippen LogP) is 4.44. The number of hydrogen-bond acceptors (Lipinski definition) is 6. The summed E-state index contributed by atoms with van der Waals surface area (Å²) in [5.41, 5.74) is 0.619. The SMILES string of the molecule is CC1CCC(CN2CCC(N(C)C)CC2)CC1.COc1ccc(S(=O)(=O)N(C)CCC(C)=O)c(C)c1. The Bertz CT molecular complexity index is 919. The van der Waals surface area contributed by atoms with Gasteiger partial charge in [-0.25, -0.2) is 12.7 Å². The van der Waals surface area contributed by atoms with E-state index in [9.17, 15) is 13.2 Å². The zero-order valence-electron chi connectivity index (χ0n) is 23.6. The summed E-state index contributed by atoms with van der Waals surface area (Å²) < 4.78 is 30.9. The Morgan fingerprint density at radius 3 is 2.17 bits per heavy atom. The first kappa shape index (κ1) is 30.7. The van der Waals surface area contributed by atoms with Gasteiger partial charge in [-0.05, 0) is 102 Å². The van der Waals surface area contributed by atoms with Crippen molar-refractivity contribution in [3.63, 3.8) is 0 Å². The van der Waals surface area contributed by atoms with E-state index in [4.69, 9.17) is 4.74 Å². The van der Waals surface area contributed by atoms with Crippen molar-refractivity contribution in [1.82, 2.24) is 14.1 Å². The number of sulfonamides is 1. The Kier molecular flexibility index (Phi) is 12.3. The number of likely N-dealkylation sites (tertiary alicyclic amines) is 1. The number of ketones is 1. The molecule has 0 aromatic heterocycles. The van der Waals surface area contributed by atoms with Crippen molar-refractivity contribution in [2.45, 2.75) is 76.7 Å². The van der Waals surface area contributed by atoms with E-state index in [-0.39, 0.29) is 23.6 Å². The lowest BCUT2D eigenvalue weighted by Crippen LogP contribution is -2.43. The Morgan fingerprint density at radius 1 is 1.06 bits per heavy atom. The first-order valence-electron chi connectivity index (χ1n) is 13.4. The summed E-state index contributed by atoms with van der Waals surface area (Å²) >= 11 is 0. The number of piperidine rings is 1. The molecule has 1 aliphatic carbocycles. The minimum absolute atomic E-state index is 0.0338. The fourth-order valence-corrected chi connectivity index (χ4v) is 6.51. The van der Waals surface area contributed by atoms with Gasteiger partial charge in [0.2, 0.25) is 10.0 Å². The highest BCUT2D eigenvalue weighted by Gasteiger charge is 2.25. The number of Topliss-reactive ketones (excluding diaryl/α,β-unsaturated/α-hetero) is 1. The first-order valence-corrected chi connectivity index (χ1v) is 14.9. The molecule has 0 amide bonds. The highest BCUT2D eigenvalue weighted by atomic mass is 32.2. The van der Waals surface area contributed by atoms with Crippen LogP contribution in [0.4, 0.5) is 0 Å². The molecule has 3 rings (SSSR count). The van der Waals surface area contributed by atoms with Gasteiger partial charge in [-0.2, -0.15) is 0 Å². The maximum Gasteiger partial charge on any atom is 0.243 e. The summed E-state index contributed by atoms with van der Waals surface area (Å²) in [5, 5.41) is 0. The van der Waals surface area contributed by atoms with Crippen LogP contribution in [0, 0.1) is 18.8 Å². The van der Waals surface area contributed by atoms with E-state index in [0.29, 0.717) is 11.3 Å². The van der Waals surface area contributed by atoms with E-state index in [1.54, 1.807) is 19.1 Å². The lowest BCUT2D eigenvalue weighted by Gasteiger charge is -2.38. The molecule has 2 fully saturated rings. The third kappa shape index (κ3) is 9.43. The van der Waals surface area contributed by atoms with Crippen LogP contribution in [0.15, 0.2) is 23.1 Å². The lowest BCUT2D eigenvalue weighted by molar-refractivity contribution is -0.117. The predicted molar refractivity (Wildman–Crippen MR) is 147 cm³/mol. The maximum absolute atomic E-state index is 12.3. The van der Waals surface area contributed by atoms with Crippen molar-refractivity contribution in [3.05, 3.63) is 23.8 Å². The Hall–Kier alpha value is -1.48. The topological polar surface area (TPSA) is 70.2 Å². The second-order valence-electron chi connectivity index (χ2n) is 11.0. The molecule has 1 saturated carbocycles. The molecule has 1 saturated heterocycles. The third-order valence-corrected chi connectivity index (χ3v) is 9.81. The molecule has 1 aliphatic heterocycles. The van der Waals surface area contributed by atoms with E-state index >= 15 is 0 Å². The molecule has 0 atom stereocenters. The Labute approximate surface area is 220 Å². The van der Waals surface area contributed by atoms with Gasteiger partial charge in [-0.15, -0.1) is 0 Å². The van der Waals surface area contributed by atoms with E-state index < -0.39 is 10.0 Å². The van der Waals surface area contributed by atoms with E-state index in [1.165, 1.54) is 89.6 Å². The normalized spacial score (nSPS) is 21.8. The maximum atomic E-state index is 12.3. The van der Waals surface area contributed by atoms with Gasteiger partial charge < -0.3 is 14.5 Å². The summed E-state index contributed by atoms with van der Waals surface area (Å²) in [6, 6.07) is 5.63. The van der Waals surface area contributed by atoms with Crippen LogP contribution in [0.1, 0.15) is 64.4 Å². The highest BCUT2D eigenvalue weighted by Crippen LogP contribution is 2.29. The Morgan fingerprint density at radius 2 is 1.67 bits per heavy atom. The molecule has 8 heteroatoms. The number of aryl methyl sites for hydroxylation is 1. The minimum atomic E-state index is -3.56. The molecule has 0 unspecified atom stereocenters. The van der Waals surface area contributed by atoms with Crippen molar-refractivity contribution in [3.8, 4) is 5.75 Å². The van der Waals surface area contributed by atoms with Crippen LogP contribution in [0.2, 0.25) is 0 Å². The van der Waals surface area contributed by atoms with E-state index in [2.05, 4.69) is 30.8 Å². The van der Waals surface area contributed by atoms with Gasteiger partial charge in [-0.3, -0.25) is 4.79 Å². The number of benzene rings is 1. The molecule has 36 heavy (non-hydrogen) atoms. The van der Waals surface area contributed by atoms with Crippen LogP contribution in [0.5, 0.6) is 5.75 Å². The number of rotatable bonds is 9. The van der Waals surface area contributed by atoms with Gasteiger partial charge >= 0.3 is 0 Å². The highest BCUT2D eigenvalue weighted by molar-refractivity contribution is 7.89. The second kappa shape index (κ2) is 14.5. The van der Waals surface area contributed by atoms with Gasteiger partial charge in [0.1, 0.15) is 11.5 Å². The molecule has 0 bridgehead atoms. The molecule has 1 aromatic rings. The molecule has 1 aromatic carbocycles. The zero-order valence-corrected chi connectivity index (χ0v) is 24.4. The van der Waals surface area contributed by atoms with Crippen molar-refractivity contribution in [2.75, 3.05) is 54.4 Å². The monoisotopic (exact) mass is 523 g/mol. The van der Waals surface area contributed by atoms with Gasteiger partial charge in [-0.1, -0.05) is 19.8 Å². The summed E-state index contributed by atoms with van der Waals surface area (Å²) in [6.07, 6.45) is 8.86. The molecule has 206 valence electrons. The molecule has 0 radical (unpaired) electrons. The molecule has 0 N–H and O–H groups in total. The van der Waals surface area contributed by atoms with Crippen LogP contribution in [0.25, 0.3) is 0 Å². The minimum Gasteiger partial charge on any atom is -0.497 e. The average Bonchev–Trinajstić information content (AvgIpc) is 2.84. The lowest BCUT2D eigenvalue weighted by atomic mass is 9.82. The van der Waals surface area contributed by atoms with Crippen molar-refractivity contribution < 1.29 is 17.9 Å². The van der Waals surface area contributed by atoms with Gasteiger partial charge in [0.05, 0.1) is 12.0 Å². The summed E-state index contributed by atoms with van der Waals surface area (Å²) in [6.45, 7) is 9.80. The van der Waals surface area contributed by atoms with E-state index in [0.717, 1.165) is 17.9 Å². The molecule has 1 heterocycles. The van der Waals surface area contributed by atoms with Crippen LogP contribution in [-0.4, -0.2) is 88.8 Å². The Balaban J connectivity index is 0.000000255. The molecule has 2 aliphatic rings. The number of carbonyl (C=O) groups excluding carboxylic acids is 1. The quantitative estimate of drug-likeness (QED) is 0.477. The van der Waals surface area contributed by atoms with Gasteiger partial charge in [0.25, 0.3) is 0 Å². The van der Waals surface area contributed by atoms with Crippen LogP contribution in [0.3, 0.4) is 0 Å². The van der Waals surface area contributed by atoms with Crippen molar-refractivity contribution in [2.24, 2.45) is 11.8 Å². The number of carbonyl (C=O) groups is 1. The van der Waals surface area contributed by atoms with Gasteiger partial charge in [0.15, 0.2) is 0 Å². The fraction of sp³-hybridized carbons (Fsp3) is 0.750. The third-order valence-electron chi connectivity index (χ3n) is 7.79. The number of nitrogens with zero attached hydrogens (tertiary/aromatic N) is 3. The van der Waals surface area contributed by atoms with Crippen LogP contribution in [-0.2, 0) is 14.8 Å². The molecule has 0 spiro atoms. The standard InChI is InChI=1S/C15H30N2.C13H19NO4S/c1-13-4-6-14(7-5-13)12-17-10-8-15(9-11-17)16(2)3;1-10-9-12(18-4)5-6-13(10)19(16,17)14(3)8-7-11(2)15/h13-15H,4-12H2,1-3H3;5-6,9H,7-8H2,1-4H3. The summed E-state index contributed by atoms with van der Waals surface area (Å²) in [7, 11) is 3.89. The van der Waals surface area contributed by atoms with Crippen molar-refractivity contribution in [1.29, 1.82) is 0 Å². The number of ether oxygens (including phenoxy) is 1. The number of hydrogen-bond donors (Lipinski definition) is 0. The fourth-order valence-electron chi connectivity index (χ4n) is 5.14. The zero-order chi connectivity index (χ0) is 26.9. The van der Waals surface area contributed by atoms with Crippen LogP contribution >= 0.6 is 0 Å². The molecular formula is C28H49N3O4S. The van der Waals surface area contributed by atoms with Crippen molar-refractivity contribution >= 4 is 15.8 Å². The van der Waals surface area contributed by atoms with Gasteiger partial charge in [0, 0.05) is 32.6 Å². The van der Waals surface area contributed by atoms with E-state index in [1.807, 2.05) is 0 Å². The van der Waals surface area contributed by atoms with Crippen LogP contribution < -0.4 is 4.74 Å². The molecular weight excluding hydrogens is 474 g/mol. The molecule has 7 nitrogen and oxygen atoms in total. The first-order chi connectivity index (χ1) is 16.9. The average molecular weight is 524 g/mol.